The second-order valence-electron chi connectivity index (χ2n) is 6.71. The molecular weight excluding hydrogens is 447 g/mol. The van der Waals surface area contributed by atoms with E-state index in [0.29, 0.717) is 10.8 Å². The van der Waals surface area contributed by atoms with Crippen LogP contribution in [0, 0.1) is 0 Å². The van der Waals surface area contributed by atoms with Gasteiger partial charge in [0.1, 0.15) is 16.5 Å². The van der Waals surface area contributed by atoms with Crippen LogP contribution in [0.5, 0.6) is 5.75 Å². The molecule has 32 heavy (non-hydrogen) atoms. The SMILES string of the molecule is O=C(COc1cccc(Cl)c1Cl)N/N=C\c1cn(-c2ccccc2)nc1-c1ccccc1. The van der Waals surface area contributed by atoms with Crippen LogP contribution in [0.3, 0.4) is 0 Å². The highest BCUT2D eigenvalue weighted by atomic mass is 35.5. The number of carbonyl (C=O) groups is 1. The Bertz CT molecular complexity index is 1240. The lowest BCUT2D eigenvalue weighted by molar-refractivity contribution is -0.123. The number of para-hydroxylation sites is 1. The number of benzene rings is 3. The normalized spacial score (nSPS) is 10.9. The molecule has 0 spiro atoms. The van der Waals surface area contributed by atoms with Gasteiger partial charge in [0.25, 0.3) is 5.91 Å². The van der Waals surface area contributed by atoms with Crippen molar-refractivity contribution in [1.82, 2.24) is 15.2 Å². The number of nitrogens with one attached hydrogen (secondary N) is 1. The van der Waals surface area contributed by atoms with Crippen LogP contribution in [0.15, 0.2) is 90.2 Å². The Kier molecular flexibility index (Phi) is 6.84. The monoisotopic (exact) mass is 464 g/mol. The summed E-state index contributed by atoms with van der Waals surface area (Å²) >= 11 is 12.0. The largest absolute Gasteiger partial charge is 0.482 e. The molecule has 0 unspecified atom stereocenters. The minimum atomic E-state index is -0.436. The third-order valence-electron chi connectivity index (χ3n) is 4.48. The van der Waals surface area contributed by atoms with Crippen molar-refractivity contribution < 1.29 is 9.53 Å². The van der Waals surface area contributed by atoms with Crippen LogP contribution in [0.1, 0.15) is 5.56 Å². The third kappa shape index (κ3) is 5.17. The molecule has 0 atom stereocenters. The molecule has 1 amide bonds. The van der Waals surface area contributed by atoms with Gasteiger partial charge in [-0.2, -0.15) is 10.2 Å². The van der Waals surface area contributed by atoms with Crippen LogP contribution in [0.4, 0.5) is 0 Å². The highest BCUT2D eigenvalue weighted by Gasteiger charge is 2.11. The topological polar surface area (TPSA) is 68.5 Å². The molecule has 3 aromatic carbocycles. The Morgan fingerprint density at radius 1 is 1.00 bits per heavy atom. The first-order chi connectivity index (χ1) is 15.6. The summed E-state index contributed by atoms with van der Waals surface area (Å²) in [4.78, 5) is 12.1. The zero-order valence-corrected chi connectivity index (χ0v) is 18.3. The van der Waals surface area contributed by atoms with E-state index in [2.05, 4.69) is 10.5 Å². The number of hydrogen-bond donors (Lipinski definition) is 1. The van der Waals surface area contributed by atoms with Gasteiger partial charge in [0.2, 0.25) is 0 Å². The highest BCUT2D eigenvalue weighted by Crippen LogP contribution is 2.31. The molecule has 1 N–H and O–H groups in total. The van der Waals surface area contributed by atoms with Crippen LogP contribution >= 0.6 is 23.2 Å². The first kappa shape index (κ1) is 21.6. The van der Waals surface area contributed by atoms with Gasteiger partial charge in [0, 0.05) is 17.3 Å². The lowest BCUT2D eigenvalue weighted by atomic mass is 10.1. The lowest BCUT2D eigenvalue weighted by Crippen LogP contribution is -2.24. The maximum atomic E-state index is 12.1. The molecule has 0 fully saturated rings. The van der Waals surface area contributed by atoms with Gasteiger partial charge in [-0.15, -0.1) is 0 Å². The zero-order valence-electron chi connectivity index (χ0n) is 16.8. The number of rotatable bonds is 7. The average molecular weight is 465 g/mol. The first-order valence-electron chi connectivity index (χ1n) is 9.71. The van der Waals surface area contributed by atoms with Crippen LogP contribution < -0.4 is 10.2 Å². The molecule has 0 saturated heterocycles. The van der Waals surface area contributed by atoms with Crippen LogP contribution in [-0.2, 0) is 4.79 Å². The molecule has 1 heterocycles. The van der Waals surface area contributed by atoms with Gasteiger partial charge >= 0.3 is 0 Å². The van der Waals surface area contributed by atoms with E-state index in [9.17, 15) is 4.79 Å². The fraction of sp³-hybridized carbons (Fsp3) is 0.0417. The molecule has 4 rings (SSSR count). The van der Waals surface area contributed by atoms with E-state index in [1.165, 1.54) is 0 Å². The van der Waals surface area contributed by atoms with E-state index in [-0.39, 0.29) is 11.6 Å². The smallest absolute Gasteiger partial charge is 0.277 e. The number of hydrazone groups is 1. The molecule has 6 nitrogen and oxygen atoms in total. The second kappa shape index (κ2) is 10.1. The van der Waals surface area contributed by atoms with Crippen molar-refractivity contribution in [3.05, 3.63) is 101 Å². The number of nitrogens with zero attached hydrogens (tertiary/aromatic N) is 3. The van der Waals surface area contributed by atoms with Crippen molar-refractivity contribution in [1.29, 1.82) is 0 Å². The third-order valence-corrected chi connectivity index (χ3v) is 5.28. The van der Waals surface area contributed by atoms with E-state index < -0.39 is 5.91 Å². The number of ether oxygens (including phenoxy) is 1. The average Bonchev–Trinajstić information content (AvgIpc) is 3.25. The van der Waals surface area contributed by atoms with E-state index in [4.69, 9.17) is 33.0 Å². The lowest BCUT2D eigenvalue weighted by Gasteiger charge is -2.07. The molecule has 0 radical (unpaired) electrons. The zero-order chi connectivity index (χ0) is 22.3. The number of carbonyl (C=O) groups excluding carboxylic acids is 1. The van der Waals surface area contributed by atoms with Crippen molar-refractivity contribution in [2.45, 2.75) is 0 Å². The Labute approximate surface area is 195 Å². The molecule has 0 saturated carbocycles. The molecule has 0 bridgehead atoms. The number of amides is 1. The Morgan fingerprint density at radius 2 is 1.72 bits per heavy atom. The fourth-order valence-electron chi connectivity index (χ4n) is 2.96. The van der Waals surface area contributed by atoms with Gasteiger partial charge in [-0.25, -0.2) is 10.1 Å². The Balaban J connectivity index is 1.48. The van der Waals surface area contributed by atoms with Crippen molar-refractivity contribution >= 4 is 35.3 Å². The molecular formula is C24H18Cl2N4O2. The molecule has 8 heteroatoms. The minimum absolute atomic E-state index is 0.256. The van der Waals surface area contributed by atoms with Gasteiger partial charge in [0.05, 0.1) is 16.9 Å². The van der Waals surface area contributed by atoms with Gasteiger partial charge in [-0.05, 0) is 24.3 Å². The molecule has 0 aliphatic heterocycles. The van der Waals surface area contributed by atoms with Crippen molar-refractivity contribution in [3.63, 3.8) is 0 Å². The fourth-order valence-corrected chi connectivity index (χ4v) is 3.31. The summed E-state index contributed by atoms with van der Waals surface area (Å²) in [5.41, 5.74) is 5.81. The van der Waals surface area contributed by atoms with E-state index in [1.807, 2.05) is 66.9 Å². The van der Waals surface area contributed by atoms with Crippen LogP contribution in [0.25, 0.3) is 16.9 Å². The minimum Gasteiger partial charge on any atom is -0.482 e. The van der Waals surface area contributed by atoms with Crippen molar-refractivity contribution in [2.24, 2.45) is 5.10 Å². The van der Waals surface area contributed by atoms with Crippen molar-refractivity contribution in [3.8, 4) is 22.7 Å². The summed E-state index contributed by atoms with van der Waals surface area (Å²) in [5, 5.41) is 9.38. The molecule has 4 aromatic rings. The Morgan fingerprint density at radius 3 is 2.47 bits per heavy atom. The summed E-state index contributed by atoms with van der Waals surface area (Å²) < 4.78 is 7.19. The quantitative estimate of drug-likeness (QED) is 0.295. The number of halogens is 2. The van der Waals surface area contributed by atoms with Gasteiger partial charge in [-0.3, -0.25) is 4.79 Å². The molecule has 0 aliphatic rings. The summed E-state index contributed by atoms with van der Waals surface area (Å²) in [6.45, 7) is -0.258. The summed E-state index contributed by atoms with van der Waals surface area (Å²) in [5.74, 6) is -0.109. The second-order valence-corrected chi connectivity index (χ2v) is 7.50. The predicted molar refractivity (Wildman–Crippen MR) is 127 cm³/mol. The van der Waals surface area contributed by atoms with Gasteiger partial charge < -0.3 is 4.74 Å². The van der Waals surface area contributed by atoms with Crippen LogP contribution in [-0.4, -0.2) is 28.5 Å². The molecule has 160 valence electrons. The molecule has 0 aliphatic carbocycles. The van der Waals surface area contributed by atoms with Crippen LogP contribution in [0.2, 0.25) is 10.0 Å². The maximum Gasteiger partial charge on any atom is 0.277 e. The summed E-state index contributed by atoms with van der Waals surface area (Å²) in [7, 11) is 0. The van der Waals surface area contributed by atoms with E-state index >= 15 is 0 Å². The number of hydrogen-bond acceptors (Lipinski definition) is 4. The highest BCUT2D eigenvalue weighted by molar-refractivity contribution is 6.42. The maximum absolute atomic E-state index is 12.1. The summed E-state index contributed by atoms with van der Waals surface area (Å²) in [6.07, 6.45) is 3.41. The van der Waals surface area contributed by atoms with E-state index in [1.54, 1.807) is 29.1 Å². The summed E-state index contributed by atoms with van der Waals surface area (Å²) in [6, 6.07) is 24.5. The van der Waals surface area contributed by atoms with Gasteiger partial charge in [0.15, 0.2) is 6.61 Å². The standard InChI is InChI=1S/C24H18Cl2N4O2/c25-20-12-7-13-21(23(20)26)32-16-22(31)28-27-14-18-15-30(19-10-5-2-6-11-19)29-24(18)17-8-3-1-4-9-17/h1-15H,16H2,(H,28,31)/b27-14-. The first-order valence-corrected chi connectivity index (χ1v) is 10.5. The van der Waals surface area contributed by atoms with Crippen molar-refractivity contribution in [2.75, 3.05) is 6.61 Å². The predicted octanol–water partition coefficient (Wildman–Crippen LogP) is 5.38. The van der Waals surface area contributed by atoms with Gasteiger partial charge in [-0.1, -0.05) is 77.8 Å². The van der Waals surface area contributed by atoms with E-state index in [0.717, 1.165) is 22.5 Å². The number of aromatic nitrogens is 2. The Hall–Kier alpha value is -3.61. The molecule has 1 aromatic heterocycles.